The Hall–Kier alpha value is -3.41. The fraction of sp³-hybridized carbons (Fsp3) is 0.143. The van der Waals surface area contributed by atoms with E-state index in [0.29, 0.717) is 29.6 Å². The van der Waals surface area contributed by atoms with Gasteiger partial charge in [-0.15, -0.1) is 0 Å². The van der Waals surface area contributed by atoms with Gasteiger partial charge in [0.15, 0.2) is 5.76 Å². The zero-order chi connectivity index (χ0) is 18.8. The first-order valence-corrected chi connectivity index (χ1v) is 8.61. The molecule has 1 N–H and O–H groups in total. The largest absolute Gasteiger partial charge is 0.451 e. The number of aromatic nitrogens is 2. The fourth-order valence-electron chi connectivity index (χ4n) is 3.13. The molecule has 2 heterocycles. The molecule has 2 aromatic carbocycles. The zero-order valence-corrected chi connectivity index (χ0v) is 14.8. The topological polar surface area (TPSA) is 60.1 Å². The molecule has 27 heavy (non-hydrogen) atoms. The summed E-state index contributed by atoms with van der Waals surface area (Å²) < 4.78 is 21.0. The number of furan rings is 1. The highest BCUT2D eigenvalue weighted by molar-refractivity contribution is 5.98. The van der Waals surface area contributed by atoms with E-state index >= 15 is 0 Å². The SMILES string of the molecule is Cc1c(C(=O)NCc2ccccc2Cn2ccnc2)oc2ccc(F)cc12. The van der Waals surface area contributed by atoms with Gasteiger partial charge in [0, 0.05) is 36.4 Å². The maximum atomic E-state index is 13.4. The Balaban J connectivity index is 1.52. The van der Waals surface area contributed by atoms with Crippen molar-refractivity contribution < 1.29 is 13.6 Å². The number of nitrogens with zero attached hydrogens (tertiary/aromatic N) is 2. The molecule has 0 saturated heterocycles. The van der Waals surface area contributed by atoms with Crippen molar-refractivity contribution in [3.05, 3.63) is 89.5 Å². The lowest BCUT2D eigenvalue weighted by molar-refractivity contribution is 0.0924. The van der Waals surface area contributed by atoms with Gasteiger partial charge < -0.3 is 14.3 Å². The van der Waals surface area contributed by atoms with Gasteiger partial charge in [-0.2, -0.15) is 0 Å². The summed E-state index contributed by atoms with van der Waals surface area (Å²) in [6.45, 7) is 2.80. The number of rotatable bonds is 5. The predicted octanol–water partition coefficient (Wildman–Crippen LogP) is 4.06. The smallest absolute Gasteiger partial charge is 0.287 e. The van der Waals surface area contributed by atoms with Crippen molar-refractivity contribution in [3.63, 3.8) is 0 Å². The van der Waals surface area contributed by atoms with Gasteiger partial charge >= 0.3 is 0 Å². The Morgan fingerprint density at radius 1 is 1.22 bits per heavy atom. The molecule has 0 bridgehead atoms. The molecule has 0 aliphatic heterocycles. The Kier molecular flexibility index (Phi) is 4.46. The Bertz CT molecular complexity index is 1100. The van der Waals surface area contributed by atoms with Gasteiger partial charge in [0.05, 0.1) is 6.33 Å². The lowest BCUT2D eigenvalue weighted by Crippen LogP contribution is -2.23. The number of nitrogens with one attached hydrogen (secondary N) is 1. The Morgan fingerprint density at radius 2 is 2.04 bits per heavy atom. The number of hydrogen-bond acceptors (Lipinski definition) is 3. The second-order valence-corrected chi connectivity index (χ2v) is 6.38. The fourth-order valence-corrected chi connectivity index (χ4v) is 3.13. The van der Waals surface area contributed by atoms with E-state index in [1.807, 2.05) is 35.0 Å². The first-order chi connectivity index (χ1) is 13.1. The number of imidazole rings is 1. The third-order valence-corrected chi connectivity index (χ3v) is 4.57. The minimum absolute atomic E-state index is 0.211. The predicted molar refractivity (Wildman–Crippen MR) is 99.9 cm³/mol. The van der Waals surface area contributed by atoms with Crippen molar-refractivity contribution in [2.75, 3.05) is 0 Å². The standard InChI is InChI=1S/C21H18FN3O2/c1-14-18-10-17(22)6-7-19(18)27-20(14)21(26)24-11-15-4-2-3-5-16(15)12-25-9-8-23-13-25/h2-10,13H,11-12H2,1H3,(H,24,26). The molecule has 0 unspecified atom stereocenters. The number of carbonyl (C=O) groups excluding carboxylic acids is 1. The first kappa shape index (κ1) is 17.0. The van der Waals surface area contributed by atoms with Crippen LogP contribution in [0.15, 0.2) is 65.6 Å². The van der Waals surface area contributed by atoms with Crippen LogP contribution in [0.1, 0.15) is 27.2 Å². The molecule has 0 saturated carbocycles. The lowest BCUT2D eigenvalue weighted by atomic mass is 10.1. The van der Waals surface area contributed by atoms with Crippen LogP contribution in [0.4, 0.5) is 4.39 Å². The average Bonchev–Trinajstić information content (AvgIpc) is 3.29. The molecule has 5 nitrogen and oxygen atoms in total. The van der Waals surface area contributed by atoms with Crippen molar-refractivity contribution in [1.82, 2.24) is 14.9 Å². The first-order valence-electron chi connectivity index (χ1n) is 8.61. The highest BCUT2D eigenvalue weighted by Crippen LogP contribution is 2.26. The van der Waals surface area contributed by atoms with E-state index < -0.39 is 0 Å². The van der Waals surface area contributed by atoms with Gasteiger partial charge in [-0.05, 0) is 36.2 Å². The van der Waals surface area contributed by atoms with Crippen LogP contribution < -0.4 is 5.32 Å². The summed E-state index contributed by atoms with van der Waals surface area (Å²) in [7, 11) is 0. The second kappa shape index (κ2) is 7.07. The number of aryl methyl sites for hydroxylation is 1. The van der Waals surface area contributed by atoms with Crippen LogP contribution in [0.3, 0.4) is 0 Å². The number of halogens is 1. The van der Waals surface area contributed by atoms with Gasteiger partial charge in [-0.25, -0.2) is 9.37 Å². The molecular weight excluding hydrogens is 345 g/mol. The van der Waals surface area contributed by atoms with E-state index in [4.69, 9.17) is 4.42 Å². The summed E-state index contributed by atoms with van der Waals surface area (Å²) in [5, 5.41) is 3.51. The van der Waals surface area contributed by atoms with Crippen molar-refractivity contribution in [1.29, 1.82) is 0 Å². The van der Waals surface area contributed by atoms with Gasteiger partial charge in [0.2, 0.25) is 0 Å². The highest BCUT2D eigenvalue weighted by Gasteiger charge is 2.18. The van der Waals surface area contributed by atoms with Gasteiger partial charge in [-0.3, -0.25) is 4.79 Å². The quantitative estimate of drug-likeness (QED) is 0.582. The molecule has 4 rings (SSSR count). The summed E-state index contributed by atoms with van der Waals surface area (Å²) in [6.07, 6.45) is 5.39. The van der Waals surface area contributed by atoms with Crippen molar-refractivity contribution in [3.8, 4) is 0 Å². The minimum Gasteiger partial charge on any atom is -0.451 e. The third kappa shape index (κ3) is 3.46. The summed E-state index contributed by atoms with van der Waals surface area (Å²) in [6, 6.07) is 12.1. The van der Waals surface area contributed by atoms with E-state index in [9.17, 15) is 9.18 Å². The molecule has 0 aliphatic rings. The molecule has 0 aliphatic carbocycles. The van der Waals surface area contributed by atoms with Gasteiger partial charge in [0.1, 0.15) is 11.4 Å². The molecule has 6 heteroatoms. The van der Waals surface area contributed by atoms with Gasteiger partial charge in [-0.1, -0.05) is 24.3 Å². The molecule has 0 fully saturated rings. The van der Waals surface area contributed by atoms with Crippen molar-refractivity contribution >= 4 is 16.9 Å². The lowest BCUT2D eigenvalue weighted by Gasteiger charge is -2.11. The summed E-state index contributed by atoms with van der Waals surface area (Å²) >= 11 is 0. The number of carbonyl (C=O) groups is 1. The normalized spacial score (nSPS) is 11.0. The van der Waals surface area contributed by atoms with E-state index in [0.717, 1.165) is 11.1 Å². The molecule has 0 spiro atoms. The molecule has 136 valence electrons. The van der Waals surface area contributed by atoms with Crippen LogP contribution in [-0.2, 0) is 13.1 Å². The van der Waals surface area contributed by atoms with Gasteiger partial charge in [0.25, 0.3) is 5.91 Å². The van der Waals surface area contributed by atoms with Crippen LogP contribution in [0.5, 0.6) is 0 Å². The van der Waals surface area contributed by atoms with Crippen LogP contribution in [0.2, 0.25) is 0 Å². The zero-order valence-electron chi connectivity index (χ0n) is 14.8. The maximum Gasteiger partial charge on any atom is 0.287 e. The number of amides is 1. The number of benzene rings is 2. The summed E-state index contributed by atoms with van der Waals surface area (Å²) in [4.78, 5) is 16.7. The third-order valence-electron chi connectivity index (χ3n) is 4.57. The van der Waals surface area contributed by atoms with Crippen LogP contribution in [0, 0.1) is 12.7 Å². The van der Waals surface area contributed by atoms with Crippen LogP contribution in [-0.4, -0.2) is 15.5 Å². The van der Waals surface area contributed by atoms with Crippen LogP contribution >= 0.6 is 0 Å². The molecular formula is C21H18FN3O2. The number of hydrogen-bond donors (Lipinski definition) is 1. The highest BCUT2D eigenvalue weighted by atomic mass is 19.1. The minimum atomic E-state index is -0.355. The average molecular weight is 363 g/mol. The summed E-state index contributed by atoms with van der Waals surface area (Å²) in [5.41, 5.74) is 3.24. The van der Waals surface area contributed by atoms with E-state index in [-0.39, 0.29) is 17.5 Å². The van der Waals surface area contributed by atoms with Crippen LogP contribution in [0.25, 0.3) is 11.0 Å². The van der Waals surface area contributed by atoms with E-state index in [2.05, 4.69) is 10.3 Å². The number of fused-ring (bicyclic) bond motifs is 1. The van der Waals surface area contributed by atoms with E-state index in [1.54, 1.807) is 19.4 Å². The van der Waals surface area contributed by atoms with E-state index in [1.165, 1.54) is 18.2 Å². The Labute approximate surface area is 155 Å². The maximum absolute atomic E-state index is 13.4. The molecule has 1 amide bonds. The monoisotopic (exact) mass is 363 g/mol. The summed E-state index contributed by atoms with van der Waals surface area (Å²) in [5.74, 6) is -0.462. The van der Waals surface area contributed by atoms with Crippen molar-refractivity contribution in [2.24, 2.45) is 0 Å². The van der Waals surface area contributed by atoms with Crippen molar-refractivity contribution in [2.45, 2.75) is 20.0 Å². The molecule has 0 atom stereocenters. The molecule has 4 aromatic rings. The Morgan fingerprint density at radius 3 is 2.81 bits per heavy atom. The molecule has 0 radical (unpaired) electrons. The molecule has 2 aromatic heterocycles. The second-order valence-electron chi connectivity index (χ2n) is 6.38.